The van der Waals surface area contributed by atoms with Crippen molar-refractivity contribution in [3.63, 3.8) is 0 Å². The van der Waals surface area contributed by atoms with Gasteiger partial charge in [0, 0.05) is 16.7 Å². The predicted octanol–water partition coefficient (Wildman–Crippen LogP) is 3.87. The molecule has 0 bridgehead atoms. The maximum absolute atomic E-state index is 12.2. The fourth-order valence-corrected chi connectivity index (χ4v) is 2.49. The molecule has 0 saturated heterocycles. The van der Waals surface area contributed by atoms with Gasteiger partial charge in [-0.05, 0) is 50.1 Å². The predicted molar refractivity (Wildman–Crippen MR) is 88.6 cm³/mol. The van der Waals surface area contributed by atoms with Crippen LogP contribution >= 0.6 is 0 Å². The molecule has 23 heavy (non-hydrogen) atoms. The SMILES string of the molecule is CCCCC1OC(=O)C(C)=C1/C=C/C(=O)c1ccc(OC)cc1. The molecule has 1 aliphatic rings. The van der Waals surface area contributed by atoms with Gasteiger partial charge < -0.3 is 9.47 Å². The average Bonchev–Trinajstić information content (AvgIpc) is 2.85. The normalized spacial score (nSPS) is 17.7. The van der Waals surface area contributed by atoms with E-state index in [0.717, 1.165) is 24.8 Å². The van der Waals surface area contributed by atoms with Crippen molar-refractivity contribution in [2.75, 3.05) is 7.11 Å². The van der Waals surface area contributed by atoms with Crippen LogP contribution in [-0.4, -0.2) is 25.0 Å². The van der Waals surface area contributed by atoms with Gasteiger partial charge >= 0.3 is 5.97 Å². The second-order valence-corrected chi connectivity index (χ2v) is 5.54. The number of rotatable bonds is 7. The lowest BCUT2D eigenvalue weighted by atomic mass is 10.00. The first-order valence-corrected chi connectivity index (χ1v) is 7.85. The number of hydrogen-bond donors (Lipinski definition) is 0. The smallest absolute Gasteiger partial charge is 0.334 e. The number of unbranched alkanes of at least 4 members (excludes halogenated alkanes) is 1. The van der Waals surface area contributed by atoms with Crippen molar-refractivity contribution in [3.05, 3.63) is 53.1 Å². The molecule has 0 spiro atoms. The molecule has 0 N–H and O–H groups in total. The molecule has 1 aromatic rings. The lowest BCUT2D eigenvalue weighted by Crippen LogP contribution is -2.10. The van der Waals surface area contributed by atoms with Crippen LogP contribution in [0, 0.1) is 0 Å². The molecular formula is C19H22O4. The highest BCUT2D eigenvalue weighted by molar-refractivity contribution is 6.05. The van der Waals surface area contributed by atoms with Gasteiger partial charge in [-0.1, -0.05) is 19.4 Å². The van der Waals surface area contributed by atoms with Crippen molar-refractivity contribution < 1.29 is 19.1 Å². The third kappa shape index (κ3) is 4.09. The van der Waals surface area contributed by atoms with Gasteiger partial charge in [-0.25, -0.2) is 4.79 Å². The molecule has 1 unspecified atom stereocenters. The van der Waals surface area contributed by atoms with Crippen LogP contribution in [0.4, 0.5) is 0 Å². The van der Waals surface area contributed by atoms with Crippen LogP contribution in [0.25, 0.3) is 0 Å². The first kappa shape index (κ1) is 17.0. The van der Waals surface area contributed by atoms with Gasteiger partial charge in [-0.15, -0.1) is 0 Å². The van der Waals surface area contributed by atoms with Crippen molar-refractivity contribution >= 4 is 11.8 Å². The van der Waals surface area contributed by atoms with Gasteiger partial charge in [-0.3, -0.25) is 4.79 Å². The number of carbonyl (C=O) groups excluding carboxylic acids is 2. The second-order valence-electron chi connectivity index (χ2n) is 5.54. The maximum atomic E-state index is 12.2. The Morgan fingerprint density at radius 1 is 1.30 bits per heavy atom. The molecule has 0 fully saturated rings. The van der Waals surface area contributed by atoms with Gasteiger partial charge in [0.15, 0.2) is 5.78 Å². The van der Waals surface area contributed by atoms with Crippen LogP contribution in [0.5, 0.6) is 5.75 Å². The minimum Gasteiger partial charge on any atom is -0.497 e. The Hall–Kier alpha value is -2.36. The number of cyclic esters (lactones) is 1. The van der Waals surface area contributed by atoms with E-state index in [0.29, 0.717) is 16.9 Å². The molecule has 1 heterocycles. The van der Waals surface area contributed by atoms with E-state index in [1.807, 2.05) is 0 Å². The standard InChI is InChI=1S/C19H22O4/c1-4-5-6-18-16(13(2)19(21)23-18)11-12-17(20)14-7-9-15(22-3)10-8-14/h7-12,18H,4-6H2,1-3H3/b12-11+. The first-order chi connectivity index (χ1) is 11.1. The first-order valence-electron chi connectivity index (χ1n) is 7.85. The molecule has 1 aromatic carbocycles. The zero-order valence-electron chi connectivity index (χ0n) is 13.8. The number of ether oxygens (including phenoxy) is 2. The Kier molecular flexibility index (Phi) is 5.74. The van der Waals surface area contributed by atoms with Gasteiger partial charge in [-0.2, -0.15) is 0 Å². The fourth-order valence-electron chi connectivity index (χ4n) is 2.49. The Morgan fingerprint density at radius 3 is 2.61 bits per heavy atom. The van der Waals surface area contributed by atoms with E-state index < -0.39 is 0 Å². The Balaban J connectivity index is 2.12. The summed E-state index contributed by atoms with van der Waals surface area (Å²) in [6, 6.07) is 6.94. The number of hydrogen-bond acceptors (Lipinski definition) is 4. The lowest BCUT2D eigenvalue weighted by molar-refractivity contribution is -0.139. The van der Waals surface area contributed by atoms with Crippen LogP contribution in [0.3, 0.4) is 0 Å². The van der Waals surface area contributed by atoms with Gasteiger partial charge in [0.2, 0.25) is 0 Å². The van der Waals surface area contributed by atoms with Crippen molar-refractivity contribution in [2.45, 2.75) is 39.2 Å². The lowest BCUT2D eigenvalue weighted by Gasteiger charge is -2.11. The van der Waals surface area contributed by atoms with E-state index >= 15 is 0 Å². The third-order valence-electron chi connectivity index (χ3n) is 3.94. The topological polar surface area (TPSA) is 52.6 Å². The van der Waals surface area contributed by atoms with Crippen LogP contribution in [0.15, 0.2) is 47.6 Å². The minimum absolute atomic E-state index is 0.110. The summed E-state index contributed by atoms with van der Waals surface area (Å²) in [6.07, 6.45) is 5.79. The molecular weight excluding hydrogens is 292 g/mol. The summed E-state index contributed by atoms with van der Waals surface area (Å²) >= 11 is 0. The highest BCUT2D eigenvalue weighted by Gasteiger charge is 2.29. The van der Waals surface area contributed by atoms with E-state index in [4.69, 9.17) is 9.47 Å². The molecule has 0 amide bonds. The second kappa shape index (κ2) is 7.77. The molecule has 4 heteroatoms. The van der Waals surface area contributed by atoms with E-state index in [1.165, 1.54) is 6.08 Å². The molecule has 0 aromatic heterocycles. The number of methoxy groups -OCH3 is 1. The molecule has 0 radical (unpaired) electrons. The van der Waals surface area contributed by atoms with Crippen LogP contribution in [0.2, 0.25) is 0 Å². The van der Waals surface area contributed by atoms with E-state index in [1.54, 1.807) is 44.4 Å². The summed E-state index contributed by atoms with van der Waals surface area (Å²) in [5.41, 5.74) is 1.98. The van der Waals surface area contributed by atoms with Gasteiger partial charge in [0.25, 0.3) is 0 Å². The quantitative estimate of drug-likeness (QED) is 0.435. The minimum atomic E-state index is -0.289. The zero-order chi connectivity index (χ0) is 16.8. The summed E-state index contributed by atoms with van der Waals surface area (Å²) in [6.45, 7) is 3.84. The molecule has 1 aliphatic heterocycles. The molecule has 4 nitrogen and oxygen atoms in total. The zero-order valence-corrected chi connectivity index (χ0v) is 13.8. The number of esters is 1. The van der Waals surface area contributed by atoms with Gasteiger partial charge in [0.05, 0.1) is 7.11 Å². The van der Waals surface area contributed by atoms with Crippen molar-refractivity contribution in [2.24, 2.45) is 0 Å². The fraction of sp³-hybridized carbons (Fsp3) is 0.368. The van der Waals surface area contributed by atoms with Crippen LogP contribution in [0.1, 0.15) is 43.5 Å². The summed E-state index contributed by atoms with van der Waals surface area (Å²) in [7, 11) is 1.58. The molecule has 0 aliphatic carbocycles. The van der Waals surface area contributed by atoms with Crippen molar-refractivity contribution in [1.29, 1.82) is 0 Å². The van der Waals surface area contributed by atoms with Gasteiger partial charge in [0.1, 0.15) is 11.9 Å². The number of ketones is 1. The third-order valence-corrected chi connectivity index (χ3v) is 3.94. The molecule has 2 rings (SSSR count). The number of allylic oxidation sites excluding steroid dienone is 1. The van der Waals surface area contributed by atoms with Crippen molar-refractivity contribution in [1.82, 2.24) is 0 Å². The Labute approximate surface area is 136 Å². The molecule has 122 valence electrons. The summed E-state index contributed by atoms with van der Waals surface area (Å²) < 4.78 is 10.4. The largest absolute Gasteiger partial charge is 0.497 e. The average molecular weight is 314 g/mol. The Morgan fingerprint density at radius 2 is 2.00 bits per heavy atom. The van der Waals surface area contributed by atoms with E-state index in [9.17, 15) is 9.59 Å². The maximum Gasteiger partial charge on any atom is 0.334 e. The highest BCUT2D eigenvalue weighted by atomic mass is 16.5. The number of carbonyl (C=O) groups is 2. The number of benzene rings is 1. The van der Waals surface area contributed by atoms with E-state index in [-0.39, 0.29) is 17.9 Å². The Bertz CT molecular complexity index is 638. The molecule has 0 saturated carbocycles. The summed E-state index contributed by atoms with van der Waals surface area (Å²) in [4.78, 5) is 24.0. The summed E-state index contributed by atoms with van der Waals surface area (Å²) in [5, 5.41) is 0. The van der Waals surface area contributed by atoms with Crippen molar-refractivity contribution in [3.8, 4) is 5.75 Å². The van der Waals surface area contributed by atoms with Crippen LogP contribution < -0.4 is 4.74 Å². The monoisotopic (exact) mass is 314 g/mol. The summed E-state index contributed by atoms with van der Waals surface area (Å²) in [5.74, 6) is 0.308. The highest BCUT2D eigenvalue weighted by Crippen LogP contribution is 2.27. The molecule has 1 atom stereocenters. The van der Waals surface area contributed by atoms with E-state index in [2.05, 4.69) is 6.92 Å². The van der Waals surface area contributed by atoms with Crippen LogP contribution in [-0.2, 0) is 9.53 Å².